The van der Waals surface area contributed by atoms with Crippen LogP contribution in [0.3, 0.4) is 0 Å². The maximum Gasteiger partial charge on any atom is 0.155 e. The van der Waals surface area contributed by atoms with Gasteiger partial charge in [-0.2, -0.15) is 0 Å². The molecule has 1 aliphatic rings. The molecule has 120 valence electrons. The Morgan fingerprint density at radius 3 is 2.86 bits per heavy atom. The van der Waals surface area contributed by atoms with Gasteiger partial charge in [0.05, 0.1) is 17.0 Å². The van der Waals surface area contributed by atoms with Gasteiger partial charge in [-0.05, 0) is 32.2 Å². The molecule has 1 aromatic rings. The molecule has 0 radical (unpaired) electrons. The van der Waals surface area contributed by atoms with Gasteiger partial charge >= 0.3 is 0 Å². The highest BCUT2D eigenvalue weighted by molar-refractivity contribution is 7.92. The van der Waals surface area contributed by atoms with Crippen LogP contribution < -0.4 is 5.32 Å². The lowest BCUT2D eigenvalue weighted by molar-refractivity contribution is 0.418. The normalized spacial score (nSPS) is 23.0. The van der Waals surface area contributed by atoms with E-state index in [9.17, 15) is 8.42 Å². The number of aryl methyl sites for hydroxylation is 1. The van der Waals surface area contributed by atoms with Gasteiger partial charge in [-0.1, -0.05) is 20.3 Å². The van der Waals surface area contributed by atoms with E-state index in [0.29, 0.717) is 5.75 Å². The summed E-state index contributed by atoms with van der Waals surface area (Å²) < 4.78 is 27.0. The lowest BCUT2D eigenvalue weighted by Crippen LogP contribution is -2.42. The van der Waals surface area contributed by atoms with Crippen LogP contribution in [0.1, 0.15) is 57.8 Å². The third-order valence-corrected chi connectivity index (χ3v) is 6.39. The van der Waals surface area contributed by atoms with Gasteiger partial charge in [0.15, 0.2) is 9.84 Å². The molecule has 0 bridgehead atoms. The molecule has 1 aliphatic heterocycles. The zero-order valence-corrected chi connectivity index (χ0v) is 13.9. The fourth-order valence-electron chi connectivity index (χ4n) is 3.07. The number of hydrogen-bond acceptors (Lipinski definition) is 4. The topological polar surface area (TPSA) is 64.0 Å². The van der Waals surface area contributed by atoms with Crippen LogP contribution in [0, 0.1) is 0 Å². The van der Waals surface area contributed by atoms with Crippen LogP contribution in [-0.2, 0) is 16.4 Å². The molecule has 1 aromatic heterocycles. The number of nitrogens with zero attached hydrogens (tertiary/aromatic N) is 2. The second kappa shape index (κ2) is 7.40. The maximum absolute atomic E-state index is 12.5. The summed E-state index contributed by atoms with van der Waals surface area (Å²) in [4.78, 5) is 4.46. The van der Waals surface area contributed by atoms with E-state index in [0.717, 1.165) is 51.0 Å². The minimum Gasteiger partial charge on any atom is -0.334 e. The van der Waals surface area contributed by atoms with Crippen molar-refractivity contribution in [3.8, 4) is 0 Å². The summed E-state index contributed by atoms with van der Waals surface area (Å²) in [6.07, 6.45) is 8.25. The number of imidazole rings is 1. The Labute approximate surface area is 128 Å². The van der Waals surface area contributed by atoms with E-state index < -0.39 is 9.84 Å². The molecule has 2 heterocycles. The Hall–Kier alpha value is -0.880. The predicted molar refractivity (Wildman–Crippen MR) is 85.0 cm³/mol. The van der Waals surface area contributed by atoms with Gasteiger partial charge in [-0.15, -0.1) is 0 Å². The molecule has 0 saturated carbocycles. The molecule has 1 fully saturated rings. The molecule has 0 spiro atoms. The molecular weight excluding hydrogens is 286 g/mol. The predicted octanol–water partition coefficient (Wildman–Crippen LogP) is 2.30. The maximum atomic E-state index is 12.5. The van der Waals surface area contributed by atoms with E-state index in [2.05, 4.69) is 28.7 Å². The van der Waals surface area contributed by atoms with E-state index in [1.807, 2.05) is 6.20 Å². The summed E-state index contributed by atoms with van der Waals surface area (Å²) in [5, 5.41) is 3.10. The van der Waals surface area contributed by atoms with Crippen LogP contribution >= 0.6 is 0 Å². The lowest BCUT2D eigenvalue weighted by atomic mass is 10.1. The van der Waals surface area contributed by atoms with Crippen molar-refractivity contribution in [2.24, 2.45) is 0 Å². The molecule has 6 heteroatoms. The Morgan fingerprint density at radius 1 is 1.38 bits per heavy atom. The average Bonchev–Trinajstić information content (AvgIpc) is 2.89. The van der Waals surface area contributed by atoms with Gasteiger partial charge in [0.1, 0.15) is 5.82 Å². The summed E-state index contributed by atoms with van der Waals surface area (Å²) >= 11 is 0. The van der Waals surface area contributed by atoms with Gasteiger partial charge in [0.25, 0.3) is 0 Å². The fraction of sp³-hybridized carbons (Fsp3) is 0.800. The molecule has 5 nitrogen and oxygen atoms in total. The second-order valence-corrected chi connectivity index (χ2v) is 8.15. The highest BCUT2D eigenvalue weighted by atomic mass is 32.2. The highest BCUT2D eigenvalue weighted by Crippen LogP contribution is 2.30. The summed E-state index contributed by atoms with van der Waals surface area (Å²) in [6.45, 7) is 5.91. The minimum absolute atomic E-state index is 0.184. The quantitative estimate of drug-likeness (QED) is 0.839. The van der Waals surface area contributed by atoms with Gasteiger partial charge < -0.3 is 9.88 Å². The largest absolute Gasteiger partial charge is 0.334 e. The Bertz CT molecular complexity index is 539. The van der Waals surface area contributed by atoms with Crippen molar-refractivity contribution in [3.63, 3.8) is 0 Å². The van der Waals surface area contributed by atoms with E-state index in [-0.39, 0.29) is 11.3 Å². The van der Waals surface area contributed by atoms with Crippen LogP contribution in [0.5, 0.6) is 0 Å². The zero-order valence-electron chi connectivity index (χ0n) is 13.1. The van der Waals surface area contributed by atoms with Crippen molar-refractivity contribution in [2.75, 3.05) is 12.3 Å². The number of sulfone groups is 1. The lowest BCUT2D eigenvalue weighted by Gasteiger charge is -2.30. The Morgan fingerprint density at radius 2 is 2.19 bits per heavy atom. The first-order valence-electron chi connectivity index (χ1n) is 8.06. The zero-order chi connectivity index (χ0) is 15.3. The monoisotopic (exact) mass is 313 g/mol. The van der Waals surface area contributed by atoms with E-state index in [4.69, 9.17) is 0 Å². The van der Waals surface area contributed by atoms with Crippen molar-refractivity contribution >= 4 is 9.84 Å². The summed E-state index contributed by atoms with van der Waals surface area (Å²) in [6, 6.07) is -0.184. The molecule has 0 aliphatic carbocycles. The number of hydrogen-bond donors (Lipinski definition) is 1. The van der Waals surface area contributed by atoms with Crippen LogP contribution in [0.4, 0.5) is 0 Å². The van der Waals surface area contributed by atoms with E-state index in [1.165, 1.54) is 0 Å². The second-order valence-electron chi connectivity index (χ2n) is 5.81. The van der Waals surface area contributed by atoms with Crippen molar-refractivity contribution in [1.82, 2.24) is 14.9 Å². The summed E-state index contributed by atoms with van der Waals surface area (Å²) in [5.74, 6) is 1.19. The van der Waals surface area contributed by atoms with Crippen LogP contribution in [0.2, 0.25) is 0 Å². The van der Waals surface area contributed by atoms with Gasteiger partial charge in [-0.25, -0.2) is 13.4 Å². The first-order valence-corrected chi connectivity index (χ1v) is 9.77. The Balaban J connectivity index is 2.31. The molecule has 0 aromatic carbocycles. The smallest absolute Gasteiger partial charge is 0.155 e. The van der Waals surface area contributed by atoms with Crippen molar-refractivity contribution in [1.29, 1.82) is 0 Å². The van der Waals surface area contributed by atoms with Gasteiger partial charge in [0, 0.05) is 18.9 Å². The van der Waals surface area contributed by atoms with Gasteiger partial charge in [-0.3, -0.25) is 0 Å². The van der Waals surface area contributed by atoms with Crippen LogP contribution in [-0.4, -0.2) is 35.5 Å². The molecular formula is C15H27N3O2S. The third kappa shape index (κ3) is 3.86. The molecule has 21 heavy (non-hydrogen) atoms. The molecule has 0 amide bonds. The number of rotatable bonds is 7. The van der Waals surface area contributed by atoms with Crippen molar-refractivity contribution in [3.05, 3.63) is 18.2 Å². The molecule has 1 saturated heterocycles. The van der Waals surface area contributed by atoms with Crippen molar-refractivity contribution < 1.29 is 8.42 Å². The molecule has 2 rings (SSSR count). The third-order valence-electron chi connectivity index (χ3n) is 4.11. The molecule has 1 N–H and O–H groups in total. The average molecular weight is 313 g/mol. The minimum atomic E-state index is -3.03. The summed E-state index contributed by atoms with van der Waals surface area (Å²) in [5.41, 5.74) is 0. The van der Waals surface area contributed by atoms with Crippen LogP contribution in [0.25, 0.3) is 0 Å². The van der Waals surface area contributed by atoms with Gasteiger partial charge in [0.2, 0.25) is 0 Å². The SMILES string of the molecule is CCCNC(c1nccn1CCC)C1CCCCS1(=O)=O. The van der Waals surface area contributed by atoms with E-state index >= 15 is 0 Å². The first kappa shape index (κ1) is 16.5. The number of aromatic nitrogens is 2. The highest BCUT2D eigenvalue weighted by Gasteiger charge is 2.37. The van der Waals surface area contributed by atoms with Crippen molar-refractivity contribution in [2.45, 2.75) is 63.8 Å². The first-order chi connectivity index (χ1) is 10.1. The standard InChI is InChI=1S/C15H27N3O2S/c1-3-8-16-14(13-7-5-6-12-21(13,19)20)15-17-9-11-18(15)10-4-2/h9,11,13-14,16H,3-8,10,12H2,1-2H3. The van der Waals surface area contributed by atoms with Crippen LogP contribution in [0.15, 0.2) is 12.4 Å². The molecule has 2 atom stereocenters. The van der Waals surface area contributed by atoms with E-state index in [1.54, 1.807) is 6.20 Å². The number of nitrogens with one attached hydrogen (secondary N) is 1. The molecule has 2 unspecified atom stereocenters. The fourth-order valence-corrected chi connectivity index (χ4v) is 5.14. The summed E-state index contributed by atoms with van der Waals surface area (Å²) in [7, 11) is -3.03. The Kier molecular flexibility index (Phi) is 5.81.